The first-order valence-corrected chi connectivity index (χ1v) is 8.03. The summed E-state index contributed by atoms with van der Waals surface area (Å²) in [6.45, 7) is 1.99. The van der Waals surface area contributed by atoms with Crippen LogP contribution in [0.3, 0.4) is 0 Å². The lowest BCUT2D eigenvalue weighted by Crippen LogP contribution is -2.28. The van der Waals surface area contributed by atoms with Gasteiger partial charge in [0.25, 0.3) is 0 Å². The average Bonchev–Trinajstić information content (AvgIpc) is 2.97. The van der Waals surface area contributed by atoms with Crippen LogP contribution in [0.4, 0.5) is 0 Å². The Hall–Kier alpha value is -1.84. The summed E-state index contributed by atoms with van der Waals surface area (Å²) >= 11 is 1.88. The molecule has 1 atom stereocenters. The number of hydrogen-bond acceptors (Lipinski definition) is 3. The topological polar surface area (TPSA) is 21.3 Å². The van der Waals surface area contributed by atoms with Crippen molar-refractivity contribution in [2.45, 2.75) is 12.5 Å². The van der Waals surface area contributed by atoms with E-state index in [9.17, 15) is 0 Å². The highest BCUT2D eigenvalue weighted by atomic mass is 32.1. The summed E-state index contributed by atoms with van der Waals surface area (Å²) in [6, 6.07) is 17.4. The first kappa shape index (κ1) is 12.9. The Balaban J connectivity index is 1.80. The van der Waals surface area contributed by atoms with Crippen LogP contribution >= 0.6 is 11.3 Å². The minimum Gasteiger partial charge on any atom is -0.497 e. The van der Waals surface area contributed by atoms with Gasteiger partial charge in [-0.1, -0.05) is 24.3 Å². The zero-order valence-electron chi connectivity index (χ0n) is 11.9. The van der Waals surface area contributed by atoms with Crippen molar-refractivity contribution < 1.29 is 4.74 Å². The highest BCUT2D eigenvalue weighted by Crippen LogP contribution is 2.38. The Morgan fingerprint density at radius 2 is 2.05 bits per heavy atom. The molecule has 106 valence electrons. The van der Waals surface area contributed by atoms with Crippen molar-refractivity contribution in [1.29, 1.82) is 0 Å². The van der Waals surface area contributed by atoms with Crippen molar-refractivity contribution in [1.82, 2.24) is 5.32 Å². The van der Waals surface area contributed by atoms with Gasteiger partial charge in [-0.25, -0.2) is 0 Å². The molecule has 2 heterocycles. The molecular weight excluding hydrogens is 278 g/mol. The van der Waals surface area contributed by atoms with Gasteiger partial charge in [-0.2, -0.15) is 0 Å². The Labute approximate surface area is 128 Å². The van der Waals surface area contributed by atoms with Crippen LogP contribution in [0, 0.1) is 0 Å². The predicted octanol–water partition coefficient (Wildman–Crippen LogP) is 4.15. The third kappa shape index (κ3) is 2.23. The van der Waals surface area contributed by atoms with Crippen molar-refractivity contribution in [2.24, 2.45) is 0 Å². The number of rotatable bonds is 2. The van der Waals surface area contributed by atoms with Gasteiger partial charge in [0.1, 0.15) is 5.75 Å². The maximum absolute atomic E-state index is 5.33. The van der Waals surface area contributed by atoms with Crippen molar-refractivity contribution in [3.8, 4) is 5.75 Å². The van der Waals surface area contributed by atoms with Crippen LogP contribution in [0.15, 0.2) is 48.5 Å². The summed E-state index contributed by atoms with van der Waals surface area (Å²) < 4.78 is 6.63. The van der Waals surface area contributed by atoms with E-state index < -0.39 is 0 Å². The van der Waals surface area contributed by atoms with Gasteiger partial charge in [-0.3, -0.25) is 0 Å². The lowest BCUT2D eigenvalue weighted by Gasteiger charge is -2.25. The minimum absolute atomic E-state index is 0.457. The Bertz CT molecular complexity index is 793. The molecule has 4 rings (SSSR count). The quantitative estimate of drug-likeness (QED) is 0.767. The molecule has 1 N–H and O–H groups in total. The molecular formula is C18H17NOS. The molecule has 0 saturated carbocycles. The van der Waals surface area contributed by atoms with Crippen molar-refractivity contribution in [3.05, 3.63) is 64.5 Å². The normalized spacial score (nSPS) is 17.7. The molecule has 0 fully saturated rings. The van der Waals surface area contributed by atoms with Crippen molar-refractivity contribution in [3.63, 3.8) is 0 Å². The molecule has 0 saturated heterocycles. The van der Waals surface area contributed by atoms with E-state index in [0.29, 0.717) is 5.92 Å². The number of methoxy groups -OCH3 is 1. The van der Waals surface area contributed by atoms with E-state index in [4.69, 9.17) is 4.74 Å². The average molecular weight is 295 g/mol. The minimum atomic E-state index is 0.457. The first-order chi connectivity index (χ1) is 10.3. The number of fused-ring (bicyclic) bond motifs is 2. The van der Waals surface area contributed by atoms with Crippen molar-refractivity contribution in [2.75, 3.05) is 13.7 Å². The molecule has 0 bridgehead atoms. The fourth-order valence-electron chi connectivity index (χ4n) is 3.08. The second-order valence-corrected chi connectivity index (χ2v) is 6.55. The van der Waals surface area contributed by atoms with Crippen LogP contribution in [0.1, 0.15) is 21.9 Å². The Morgan fingerprint density at radius 1 is 1.14 bits per heavy atom. The molecule has 1 aliphatic rings. The van der Waals surface area contributed by atoms with Gasteiger partial charge < -0.3 is 10.1 Å². The summed E-state index contributed by atoms with van der Waals surface area (Å²) in [7, 11) is 1.72. The van der Waals surface area contributed by atoms with Gasteiger partial charge in [0, 0.05) is 28.6 Å². The van der Waals surface area contributed by atoms with Crippen LogP contribution in [0.5, 0.6) is 5.75 Å². The smallest absolute Gasteiger partial charge is 0.120 e. The van der Waals surface area contributed by atoms with E-state index in [-0.39, 0.29) is 0 Å². The van der Waals surface area contributed by atoms with Crippen LogP contribution in [-0.4, -0.2) is 13.7 Å². The molecule has 1 unspecified atom stereocenters. The fraction of sp³-hybridized carbons (Fsp3) is 0.222. The molecule has 3 heteroatoms. The highest BCUT2D eigenvalue weighted by Gasteiger charge is 2.22. The van der Waals surface area contributed by atoms with E-state index in [1.807, 2.05) is 17.4 Å². The third-order valence-electron chi connectivity index (χ3n) is 4.18. The largest absolute Gasteiger partial charge is 0.497 e. The number of nitrogens with one attached hydrogen (secondary N) is 1. The van der Waals surface area contributed by atoms with Gasteiger partial charge in [-0.15, -0.1) is 11.3 Å². The number of thiophene rings is 1. The fourth-order valence-corrected chi connectivity index (χ4v) is 4.29. The van der Waals surface area contributed by atoms with Gasteiger partial charge in [0.15, 0.2) is 0 Å². The highest BCUT2D eigenvalue weighted by molar-refractivity contribution is 7.19. The molecule has 2 nitrogen and oxygen atoms in total. The predicted molar refractivity (Wildman–Crippen MR) is 88.4 cm³/mol. The van der Waals surface area contributed by atoms with E-state index in [2.05, 4.69) is 47.8 Å². The summed E-state index contributed by atoms with van der Waals surface area (Å²) in [5.41, 5.74) is 2.89. The lowest BCUT2D eigenvalue weighted by atomic mass is 9.89. The van der Waals surface area contributed by atoms with Gasteiger partial charge in [0.2, 0.25) is 0 Å². The molecule has 0 spiro atoms. The lowest BCUT2D eigenvalue weighted by molar-refractivity contribution is 0.415. The number of ether oxygens (including phenoxy) is 1. The number of hydrogen-bond donors (Lipinski definition) is 1. The van der Waals surface area contributed by atoms with Gasteiger partial charge in [0.05, 0.1) is 7.11 Å². The SMILES string of the molecule is COc1ccc2cc(C3CNCc4ccccc43)sc2c1. The summed E-state index contributed by atoms with van der Waals surface area (Å²) in [6.07, 6.45) is 0. The summed E-state index contributed by atoms with van der Waals surface area (Å²) in [4.78, 5) is 1.43. The third-order valence-corrected chi connectivity index (χ3v) is 5.40. The van der Waals surface area contributed by atoms with E-state index in [1.54, 1.807) is 7.11 Å². The maximum atomic E-state index is 5.33. The molecule has 1 aliphatic heterocycles. The van der Waals surface area contributed by atoms with Crippen LogP contribution in [0.25, 0.3) is 10.1 Å². The molecule has 2 aromatic carbocycles. The summed E-state index contributed by atoms with van der Waals surface area (Å²) in [5, 5.41) is 4.84. The first-order valence-electron chi connectivity index (χ1n) is 7.21. The molecule has 1 aromatic heterocycles. The van der Waals surface area contributed by atoms with Crippen molar-refractivity contribution >= 4 is 21.4 Å². The second-order valence-electron chi connectivity index (χ2n) is 5.43. The monoisotopic (exact) mass is 295 g/mol. The Morgan fingerprint density at radius 3 is 2.95 bits per heavy atom. The van der Waals surface area contributed by atoms with Gasteiger partial charge in [-0.05, 0) is 40.8 Å². The van der Waals surface area contributed by atoms with E-state index >= 15 is 0 Å². The van der Waals surface area contributed by atoms with Crippen LogP contribution < -0.4 is 10.1 Å². The van der Waals surface area contributed by atoms with Crippen LogP contribution in [0.2, 0.25) is 0 Å². The Kier molecular flexibility index (Phi) is 3.17. The summed E-state index contributed by atoms with van der Waals surface area (Å²) in [5.74, 6) is 1.39. The molecule has 3 aromatic rings. The second kappa shape index (κ2) is 5.17. The molecule has 0 aliphatic carbocycles. The standard InChI is InChI=1S/C18H17NOS/c1-20-14-7-6-12-8-18(21-17(12)9-14)16-11-19-10-13-4-2-3-5-15(13)16/h2-9,16,19H,10-11H2,1H3. The zero-order chi connectivity index (χ0) is 14.2. The molecule has 0 amide bonds. The number of benzene rings is 2. The van der Waals surface area contributed by atoms with Crippen LogP contribution in [-0.2, 0) is 6.54 Å². The maximum Gasteiger partial charge on any atom is 0.120 e. The van der Waals surface area contributed by atoms with Gasteiger partial charge >= 0.3 is 0 Å². The van der Waals surface area contributed by atoms with E-state index in [0.717, 1.165) is 18.8 Å². The van der Waals surface area contributed by atoms with E-state index in [1.165, 1.54) is 26.1 Å². The molecule has 21 heavy (non-hydrogen) atoms. The molecule has 0 radical (unpaired) electrons. The zero-order valence-corrected chi connectivity index (χ0v) is 12.7.